The van der Waals surface area contributed by atoms with Gasteiger partial charge in [-0.25, -0.2) is 0 Å². The van der Waals surface area contributed by atoms with Crippen molar-refractivity contribution in [2.24, 2.45) is 0 Å². The number of aromatic amines is 1. The monoisotopic (exact) mass is 399 g/mol. The van der Waals surface area contributed by atoms with E-state index in [0.29, 0.717) is 23.7 Å². The van der Waals surface area contributed by atoms with Crippen LogP contribution in [0.1, 0.15) is 24.2 Å². The van der Waals surface area contributed by atoms with Gasteiger partial charge >= 0.3 is 29.6 Å². The van der Waals surface area contributed by atoms with Crippen molar-refractivity contribution in [2.45, 2.75) is 19.4 Å². The van der Waals surface area contributed by atoms with Crippen LogP contribution in [0.3, 0.4) is 0 Å². The van der Waals surface area contributed by atoms with Gasteiger partial charge in [-0.05, 0) is 50.2 Å². The smallest absolute Gasteiger partial charge is 0.691 e. The van der Waals surface area contributed by atoms with Crippen molar-refractivity contribution >= 4 is 39.6 Å². The normalized spacial score (nSPS) is 11.6. The van der Waals surface area contributed by atoms with Gasteiger partial charge in [0, 0.05) is 39.4 Å². The molecule has 0 saturated carbocycles. The van der Waals surface area contributed by atoms with E-state index in [-0.39, 0.29) is 35.3 Å². The fourth-order valence-electron chi connectivity index (χ4n) is 2.71. The molecule has 1 heterocycles. The maximum Gasteiger partial charge on any atom is 1.00 e. The van der Waals surface area contributed by atoms with Gasteiger partial charge < -0.3 is 20.1 Å². The molecule has 0 atom stereocenters. The summed E-state index contributed by atoms with van der Waals surface area (Å²) in [7, 11) is 0. The Morgan fingerprint density at radius 3 is 2.52 bits per heavy atom. The van der Waals surface area contributed by atoms with Crippen LogP contribution in [0.25, 0.3) is 21.8 Å². The number of aliphatic hydroxyl groups is 1. The zero-order chi connectivity index (χ0) is 18.7. The van der Waals surface area contributed by atoms with E-state index < -0.39 is 5.60 Å². The van der Waals surface area contributed by atoms with Crippen LogP contribution in [0, 0.1) is 0 Å². The first kappa shape index (κ1) is 22.2. The Morgan fingerprint density at radius 1 is 1.19 bits per heavy atom. The zero-order valence-electron chi connectivity index (χ0n) is 15.3. The first-order valence-corrected chi connectivity index (χ1v) is 8.85. The van der Waals surface area contributed by atoms with E-state index in [1.54, 1.807) is 12.1 Å². The molecule has 2 aromatic carbocycles. The minimum Gasteiger partial charge on any atom is -0.691 e. The molecule has 1 aromatic heterocycles. The van der Waals surface area contributed by atoms with E-state index in [1.807, 2.05) is 24.3 Å². The third kappa shape index (κ3) is 5.24. The number of carbonyl (C=O) groups excluding carboxylic acids is 1. The van der Waals surface area contributed by atoms with Gasteiger partial charge in [0.15, 0.2) is 5.78 Å². The van der Waals surface area contributed by atoms with Gasteiger partial charge in [0.2, 0.25) is 0 Å². The quantitative estimate of drug-likeness (QED) is 0.132. The van der Waals surface area contributed by atoms with Crippen molar-refractivity contribution < 1.29 is 58.8 Å². The molecule has 9 heteroatoms. The van der Waals surface area contributed by atoms with Gasteiger partial charge in [0.1, 0.15) is 11.4 Å². The minimum atomic E-state index is -1.43. The van der Waals surface area contributed by atoms with Crippen LogP contribution in [-0.4, -0.2) is 33.8 Å². The number of nitrogens with one attached hydrogen (secondary N) is 1. The predicted molar refractivity (Wildman–Crippen MR) is 96.6 cm³/mol. The van der Waals surface area contributed by atoms with E-state index in [2.05, 4.69) is 14.4 Å². The van der Waals surface area contributed by atoms with Gasteiger partial charge in [-0.15, -0.1) is 0 Å². The molecule has 0 unspecified atom stereocenters. The fraction of sp³-hybridized carbons (Fsp3) is 0.278. The second kappa shape index (κ2) is 9.40. The number of ketones is 1. The molecule has 0 radical (unpaired) electrons. The van der Waals surface area contributed by atoms with E-state index in [4.69, 9.17) is 4.74 Å². The summed E-state index contributed by atoms with van der Waals surface area (Å²) in [5.41, 5.74) is 0.823. The number of ether oxygens (including phenoxy) is 1. The molecule has 0 aliphatic heterocycles. The van der Waals surface area contributed by atoms with Crippen molar-refractivity contribution in [3.63, 3.8) is 0 Å². The Bertz CT molecular complexity index is 937. The minimum absolute atomic E-state index is 0. The van der Waals surface area contributed by atoms with E-state index in [1.165, 1.54) is 13.8 Å². The first-order valence-electron chi connectivity index (χ1n) is 7.94. The number of hydrogen-bond donors (Lipinski definition) is 2. The molecule has 138 valence electrons. The Labute approximate surface area is 182 Å². The molecule has 3 rings (SSSR count). The van der Waals surface area contributed by atoms with Gasteiger partial charge in [-0.3, -0.25) is 9.83 Å². The summed E-state index contributed by atoms with van der Waals surface area (Å²) < 4.78 is 9.81. The van der Waals surface area contributed by atoms with Crippen molar-refractivity contribution in [1.82, 2.24) is 4.98 Å². The average molecular weight is 399 g/mol. The number of H-pyrrole nitrogens is 1. The molecule has 0 saturated heterocycles. The summed E-state index contributed by atoms with van der Waals surface area (Å²) in [4.78, 5) is 15.6. The van der Waals surface area contributed by atoms with Gasteiger partial charge in [0.25, 0.3) is 0 Å². The molecule has 2 N–H and O–H groups in total. The number of hydrogen-bond acceptors (Lipinski definition) is 7. The molecular weight excluding hydrogens is 381 g/mol. The maximum absolute atomic E-state index is 12.3. The molecule has 0 amide bonds. The number of fused-ring (bicyclic) bond motifs is 3. The van der Waals surface area contributed by atoms with Crippen molar-refractivity contribution in [3.8, 4) is 5.75 Å². The molecule has 0 bridgehead atoms. The summed E-state index contributed by atoms with van der Waals surface area (Å²) in [5, 5.41) is 24.7. The van der Waals surface area contributed by atoms with Crippen LogP contribution >= 0.6 is 12.0 Å². The zero-order valence-corrected chi connectivity index (χ0v) is 18.1. The van der Waals surface area contributed by atoms with Crippen LogP contribution in [0.4, 0.5) is 0 Å². The van der Waals surface area contributed by atoms with Crippen LogP contribution in [-0.2, 0) is 9.37 Å². The summed E-state index contributed by atoms with van der Waals surface area (Å²) in [6.07, 6.45) is 0. The molecule has 3 aromatic rings. The van der Waals surface area contributed by atoms with E-state index in [9.17, 15) is 15.2 Å². The first-order chi connectivity index (χ1) is 12.4. The summed E-state index contributed by atoms with van der Waals surface area (Å²) in [6.45, 7) is 3.28. The second-order valence-corrected chi connectivity index (χ2v) is 7.07. The predicted octanol–water partition coefficient (Wildman–Crippen LogP) is -0.471. The van der Waals surface area contributed by atoms with Crippen LogP contribution < -0.4 is 39.6 Å². The molecule has 0 aliphatic rings. The molecular formula is C18H18NNaO6S. The molecule has 0 fully saturated rings. The van der Waals surface area contributed by atoms with E-state index >= 15 is 0 Å². The number of rotatable bonds is 8. The molecule has 0 spiro atoms. The van der Waals surface area contributed by atoms with Crippen LogP contribution in [0.5, 0.6) is 5.75 Å². The SMILES string of the molecule is CC(C)(O)C(=O)c1ccc2[nH]c3ccc(OCCSOO[O-])cc3c2c1.[Na+]. The Balaban J connectivity index is 0.00000261. The van der Waals surface area contributed by atoms with Gasteiger partial charge in [-0.2, -0.15) is 4.33 Å². The summed E-state index contributed by atoms with van der Waals surface area (Å²) >= 11 is 0.861. The number of benzene rings is 2. The van der Waals surface area contributed by atoms with Gasteiger partial charge in [-0.1, -0.05) is 0 Å². The maximum atomic E-state index is 12.3. The average Bonchev–Trinajstić information content (AvgIpc) is 2.97. The van der Waals surface area contributed by atoms with Crippen LogP contribution in [0.15, 0.2) is 36.4 Å². The van der Waals surface area contributed by atoms with Crippen LogP contribution in [0.2, 0.25) is 0 Å². The Hall–Kier alpha value is -1.10. The Morgan fingerprint density at radius 2 is 1.85 bits per heavy atom. The number of aromatic nitrogens is 1. The fourth-order valence-corrected chi connectivity index (χ4v) is 2.97. The largest absolute Gasteiger partial charge is 1.00 e. The molecule has 0 aliphatic carbocycles. The van der Waals surface area contributed by atoms with Crippen molar-refractivity contribution in [2.75, 3.05) is 12.4 Å². The third-order valence-corrected chi connectivity index (χ3v) is 4.38. The van der Waals surface area contributed by atoms with Crippen molar-refractivity contribution in [3.05, 3.63) is 42.0 Å². The second-order valence-electron chi connectivity index (χ2n) is 6.29. The number of carbonyl (C=O) groups is 1. The standard InChI is InChI=1S/C18H19NO6S.Na/c1-18(2,21)17(20)11-3-5-15-13(9-11)14-10-12(4-6-16(14)19-15)23-7-8-26-25-24-22;/h3-6,9-10,19,21-22H,7-8H2,1-2H3;/q;+1/p-1. The summed E-state index contributed by atoms with van der Waals surface area (Å²) in [5.74, 6) is 0.748. The Kier molecular flexibility index (Phi) is 7.73. The van der Waals surface area contributed by atoms with Gasteiger partial charge in [0.05, 0.1) is 12.4 Å². The van der Waals surface area contributed by atoms with E-state index in [0.717, 1.165) is 33.8 Å². The van der Waals surface area contributed by atoms with Crippen molar-refractivity contribution in [1.29, 1.82) is 0 Å². The summed E-state index contributed by atoms with van der Waals surface area (Å²) in [6, 6.07) is 10.9. The number of Topliss-reactive ketones (excluding diaryl/α,β-unsaturated/α-hetero) is 1. The topological polar surface area (TPSA) is 104 Å². The molecule has 7 nitrogen and oxygen atoms in total. The third-order valence-electron chi connectivity index (χ3n) is 3.90. The molecule has 27 heavy (non-hydrogen) atoms.